The molecule has 0 radical (unpaired) electrons. The quantitative estimate of drug-likeness (QED) is 0.772. The third-order valence-electron chi connectivity index (χ3n) is 3.19. The van der Waals surface area contributed by atoms with E-state index in [0.717, 1.165) is 0 Å². The van der Waals surface area contributed by atoms with E-state index in [4.69, 9.17) is 4.74 Å². The zero-order chi connectivity index (χ0) is 20.4. The Balaban J connectivity index is 2.10. The molecule has 2 amide bonds. The Bertz CT molecular complexity index is 876. The van der Waals surface area contributed by atoms with Crippen LogP contribution in [0.2, 0.25) is 0 Å². The molecule has 2 heterocycles. The summed E-state index contributed by atoms with van der Waals surface area (Å²) in [5.74, 6) is -0.796. The van der Waals surface area contributed by atoms with Crippen molar-refractivity contribution in [2.24, 2.45) is 14.1 Å². The van der Waals surface area contributed by atoms with E-state index in [1.807, 2.05) is 0 Å². The molecule has 146 valence electrons. The molecule has 0 unspecified atom stereocenters. The van der Waals surface area contributed by atoms with Gasteiger partial charge in [-0.1, -0.05) is 0 Å². The van der Waals surface area contributed by atoms with E-state index < -0.39 is 23.6 Å². The fourth-order valence-electron chi connectivity index (χ4n) is 2.13. The number of hydrogen-bond acceptors (Lipinski definition) is 7. The summed E-state index contributed by atoms with van der Waals surface area (Å²) < 4.78 is 12.6. The fraction of sp³-hybridized carbons (Fsp3) is 0.438. The van der Waals surface area contributed by atoms with Gasteiger partial charge in [-0.25, -0.2) is 19.6 Å². The summed E-state index contributed by atoms with van der Waals surface area (Å²) in [7, 11) is 4.43. The van der Waals surface area contributed by atoms with Gasteiger partial charge in [0.1, 0.15) is 5.60 Å². The largest absolute Gasteiger partial charge is 0.463 e. The number of ether oxygens (including phenoxy) is 2. The van der Waals surface area contributed by atoms with Gasteiger partial charge in [0.05, 0.1) is 7.11 Å². The Kier molecular flexibility index (Phi) is 5.52. The molecular weight excluding hydrogens is 356 g/mol. The first-order valence-corrected chi connectivity index (χ1v) is 7.96. The SMILES string of the molecule is COC(=O)c1nc(NC(=O)c2nc(NC(=O)OC(C)(C)C)cn2C)cn1C. The van der Waals surface area contributed by atoms with Gasteiger partial charge in [-0.15, -0.1) is 0 Å². The highest BCUT2D eigenvalue weighted by Crippen LogP contribution is 2.14. The highest BCUT2D eigenvalue weighted by molar-refractivity contribution is 6.02. The number of rotatable bonds is 4. The average Bonchev–Trinajstić information content (AvgIpc) is 3.07. The summed E-state index contributed by atoms with van der Waals surface area (Å²) in [6, 6.07) is 0. The van der Waals surface area contributed by atoms with Crippen LogP contribution in [0.15, 0.2) is 12.4 Å². The summed E-state index contributed by atoms with van der Waals surface area (Å²) in [4.78, 5) is 43.9. The Morgan fingerprint density at radius 1 is 0.963 bits per heavy atom. The number of nitrogens with zero attached hydrogens (tertiary/aromatic N) is 4. The fourth-order valence-corrected chi connectivity index (χ4v) is 2.13. The number of nitrogens with one attached hydrogen (secondary N) is 2. The molecule has 0 aliphatic heterocycles. The summed E-state index contributed by atoms with van der Waals surface area (Å²) in [5, 5.41) is 5.00. The number of imidazole rings is 2. The van der Waals surface area contributed by atoms with Gasteiger partial charge in [0.2, 0.25) is 11.6 Å². The molecule has 0 bridgehead atoms. The standard InChI is InChI=1S/C16H22N6O5/c1-16(2,3)27-15(25)20-10-8-21(4)11(17-10)13(23)19-9-7-22(5)12(18-9)14(24)26-6/h7-8H,1-6H3,(H,19,23)(H,20,25). The Hall–Kier alpha value is -3.37. The molecular formula is C16H22N6O5. The molecule has 0 fully saturated rings. The lowest BCUT2D eigenvalue weighted by atomic mass is 10.2. The lowest BCUT2D eigenvalue weighted by molar-refractivity contribution is 0.0581. The summed E-state index contributed by atoms with van der Waals surface area (Å²) >= 11 is 0. The van der Waals surface area contributed by atoms with Gasteiger partial charge in [-0.2, -0.15) is 0 Å². The van der Waals surface area contributed by atoms with Crippen LogP contribution < -0.4 is 10.6 Å². The van der Waals surface area contributed by atoms with Crippen molar-refractivity contribution in [3.63, 3.8) is 0 Å². The molecule has 0 aromatic carbocycles. The number of aromatic nitrogens is 4. The van der Waals surface area contributed by atoms with Gasteiger partial charge < -0.3 is 23.9 Å². The number of esters is 1. The summed E-state index contributed by atoms with van der Waals surface area (Å²) in [6.45, 7) is 5.21. The summed E-state index contributed by atoms with van der Waals surface area (Å²) in [6.07, 6.45) is 2.25. The first kappa shape index (κ1) is 19.9. The van der Waals surface area contributed by atoms with E-state index >= 15 is 0 Å². The molecule has 2 N–H and O–H groups in total. The van der Waals surface area contributed by atoms with Crippen molar-refractivity contribution in [2.45, 2.75) is 26.4 Å². The van der Waals surface area contributed by atoms with Crippen LogP contribution in [0.3, 0.4) is 0 Å². The minimum absolute atomic E-state index is 0.0336. The van der Waals surface area contributed by atoms with Gasteiger partial charge >= 0.3 is 12.1 Å². The molecule has 11 heteroatoms. The van der Waals surface area contributed by atoms with Crippen molar-refractivity contribution < 1.29 is 23.9 Å². The first-order chi connectivity index (χ1) is 12.5. The van der Waals surface area contributed by atoms with Crippen molar-refractivity contribution in [1.82, 2.24) is 19.1 Å². The maximum Gasteiger partial charge on any atom is 0.413 e. The van der Waals surface area contributed by atoms with Crippen molar-refractivity contribution in [3.8, 4) is 0 Å². The molecule has 0 aliphatic carbocycles. The Morgan fingerprint density at radius 2 is 1.48 bits per heavy atom. The topological polar surface area (TPSA) is 129 Å². The maximum atomic E-state index is 12.4. The molecule has 0 saturated carbocycles. The van der Waals surface area contributed by atoms with Crippen LogP contribution >= 0.6 is 0 Å². The molecule has 0 spiro atoms. The molecule has 0 saturated heterocycles. The highest BCUT2D eigenvalue weighted by atomic mass is 16.6. The number of anilines is 2. The average molecular weight is 378 g/mol. The second-order valence-electron chi connectivity index (χ2n) is 6.69. The minimum atomic E-state index is -0.681. The number of aryl methyl sites for hydroxylation is 2. The van der Waals surface area contributed by atoms with Gasteiger partial charge in [-0.3, -0.25) is 10.1 Å². The lowest BCUT2D eigenvalue weighted by Crippen LogP contribution is -2.27. The van der Waals surface area contributed by atoms with Crippen molar-refractivity contribution in [3.05, 3.63) is 24.0 Å². The van der Waals surface area contributed by atoms with E-state index in [1.165, 1.54) is 28.6 Å². The Labute approximate surface area is 155 Å². The minimum Gasteiger partial charge on any atom is -0.463 e. The molecule has 2 aromatic heterocycles. The van der Waals surface area contributed by atoms with Crippen LogP contribution in [-0.2, 0) is 23.6 Å². The van der Waals surface area contributed by atoms with Crippen LogP contribution in [0.1, 0.15) is 42.0 Å². The van der Waals surface area contributed by atoms with Crippen LogP contribution in [0.25, 0.3) is 0 Å². The van der Waals surface area contributed by atoms with Crippen LogP contribution in [0.4, 0.5) is 16.4 Å². The molecule has 2 rings (SSSR count). The van der Waals surface area contributed by atoms with E-state index in [1.54, 1.807) is 34.9 Å². The van der Waals surface area contributed by atoms with Gasteiger partial charge in [0.15, 0.2) is 11.6 Å². The predicted molar refractivity (Wildman–Crippen MR) is 95.6 cm³/mol. The van der Waals surface area contributed by atoms with Gasteiger partial charge in [-0.05, 0) is 20.8 Å². The van der Waals surface area contributed by atoms with Gasteiger partial charge in [0.25, 0.3) is 5.91 Å². The van der Waals surface area contributed by atoms with E-state index in [0.29, 0.717) is 0 Å². The second-order valence-corrected chi connectivity index (χ2v) is 6.69. The maximum absolute atomic E-state index is 12.4. The van der Waals surface area contributed by atoms with E-state index in [-0.39, 0.29) is 23.3 Å². The van der Waals surface area contributed by atoms with Gasteiger partial charge in [0, 0.05) is 26.5 Å². The summed E-state index contributed by atoms with van der Waals surface area (Å²) in [5.41, 5.74) is -0.657. The number of carbonyl (C=O) groups is 3. The van der Waals surface area contributed by atoms with E-state index in [2.05, 4.69) is 25.3 Å². The normalized spacial score (nSPS) is 11.0. The second kappa shape index (κ2) is 7.48. The smallest absolute Gasteiger partial charge is 0.413 e. The third kappa shape index (κ3) is 5.06. The molecule has 0 aliphatic rings. The third-order valence-corrected chi connectivity index (χ3v) is 3.19. The van der Waals surface area contributed by atoms with Crippen LogP contribution in [-0.4, -0.2) is 49.8 Å². The van der Waals surface area contributed by atoms with Crippen LogP contribution in [0, 0.1) is 0 Å². The zero-order valence-electron chi connectivity index (χ0n) is 16.0. The highest BCUT2D eigenvalue weighted by Gasteiger charge is 2.21. The first-order valence-electron chi connectivity index (χ1n) is 7.96. The lowest BCUT2D eigenvalue weighted by Gasteiger charge is -2.18. The number of amides is 2. The Morgan fingerprint density at radius 3 is 2.04 bits per heavy atom. The van der Waals surface area contributed by atoms with Crippen molar-refractivity contribution in [2.75, 3.05) is 17.7 Å². The predicted octanol–water partition coefficient (Wildman–Crippen LogP) is 1.54. The number of methoxy groups -OCH3 is 1. The molecule has 0 atom stereocenters. The van der Waals surface area contributed by atoms with E-state index in [9.17, 15) is 14.4 Å². The molecule has 2 aromatic rings. The van der Waals surface area contributed by atoms with Crippen LogP contribution in [0.5, 0.6) is 0 Å². The molecule has 11 nitrogen and oxygen atoms in total. The number of carbonyl (C=O) groups excluding carboxylic acids is 3. The molecule has 27 heavy (non-hydrogen) atoms. The van der Waals surface area contributed by atoms with Crippen molar-refractivity contribution in [1.29, 1.82) is 0 Å². The van der Waals surface area contributed by atoms with Crippen molar-refractivity contribution >= 4 is 29.6 Å². The monoisotopic (exact) mass is 378 g/mol. The number of hydrogen-bond donors (Lipinski definition) is 2. The zero-order valence-corrected chi connectivity index (χ0v) is 16.0.